The van der Waals surface area contributed by atoms with E-state index in [0.717, 1.165) is 28.4 Å². The molecule has 3 heteroatoms. The van der Waals surface area contributed by atoms with Gasteiger partial charge in [0, 0.05) is 50.0 Å². The average Bonchev–Trinajstić information content (AvgIpc) is 3.74. The van der Waals surface area contributed by atoms with Crippen molar-refractivity contribution in [2.45, 2.75) is 53.4 Å². The monoisotopic (exact) mass is 737 g/mol. The van der Waals surface area contributed by atoms with Crippen LogP contribution in [0.3, 0.4) is 0 Å². The maximum atomic E-state index is 2.52. The quantitative estimate of drug-likeness (QED) is 0.154. The lowest BCUT2D eigenvalue weighted by Gasteiger charge is -2.27. The molecule has 278 valence electrons. The molecule has 10 aromatic rings. The number of rotatable bonds is 8. The first kappa shape index (κ1) is 34.9. The molecule has 0 aliphatic rings. The molecule has 0 radical (unpaired) electrons. The van der Waals surface area contributed by atoms with Crippen molar-refractivity contribution in [1.29, 1.82) is 0 Å². The highest BCUT2D eigenvalue weighted by Crippen LogP contribution is 2.48. The molecule has 10 rings (SSSR count). The minimum atomic E-state index is 0.469. The summed E-state index contributed by atoms with van der Waals surface area (Å²) >= 11 is 0. The van der Waals surface area contributed by atoms with Crippen LogP contribution in [-0.4, -0.2) is 4.40 Å². The first-order chi connectivity index (χ1) is 27.7. The van der Waals surface area contributed by atoms with Crippen molar-refractivity contribution in [3.8, 4) is 0 Å². The molecular formula is C54H47N3. The molecule has 0 atom stereocenters. The van der Waals surface area contributed by atoms with E-state index in [1.54, 1.807) is 0 Å². The zero-order valence-corrected chi connectivity index (χ0v) is 33.6. The molecular weight excluding hydrogens is 691 g/mol. The van der Waals surface area contributed by atoms with Gasteiger partial charge in [0.15, 0.2) is 0 Å². The minimum Gasteiger partial charge on any atom is -0.310 e. The Balaban J connectivity index is 1.20. The molecule has 2 heterocycles. The van der Waals surface area contributed by atoms with Gasteiger partial charge in [-0.05, 0) is 133 Å². The van der Waals surface area contributed by atoms with Gasteiger partial charge in [0.2, 0.25) is 0 Å². The lowest BCUT2D eigenvalue weighted by molar-refractivity contribution is 0.866. The normalized spacial score (nSPS) is 12.0. The van der Waals surface area contributed by atoms with Crippen molar-refractivity contribution >= 4 is 83.0 Å². The summed E-state index contributed by atoms with van der Waals surface area (Å²) < 4.78 is 2.52. The maximum Gasteiger partial charge on any atom is 0.0641 e. The van der Waals surface area contributed by atoms with E-state index in [2.05, 4.69) is 220 Å². The Morgan fingerprint density at radius 2 is 0.930 bits per heavy atom. The zero-order chi connectivity index (χ0) is 38.9. The topological polar surface area (TPSA) is 10.9 Å². The smallest absolute Gasteiger partial charge is 0.0641 e. The lowest BCUT2D eigenvalue weighted by atomic mass is 10.0. The van der Waals surface area contributed by atoms with Gasteiger partial charge in [0.05, 0.1) is 22.2 Å². The first-order valence-corrected chi connectivity index (χ1v) is 20.3. The van der Waals surface area contributed by atoms with E-state index >= 15 is 0 Å². The van der Waals surface area contributed by atoms with Crippen LogP contribution in [0.1, 0.15) is 61.8 Å². The largest absolute Gasteiger partial charge is 0.310 e. The van der Waals surface area contributed by atoms with E-state index in [1.165, 1.54) is 76.8 Å². The van der Waals surface area contributed by atoms with Crippen molar-refractivity contribution < 1.29 is 0 Å². The molecule has 2 aromatic heterocycles. The van der Waals surface area contributed by atoms with Crippen molar-refractivity contribution in [2.75, 3.05) is 9.80 Å². The van der Waals surface area contributed by atoms with Gasteiger partial charge in [0.25, 0.3) is 0 Å². The molecule has 3 nitrogen and oxygen atoms in total. The van der Waals surface area contributed by atoms with Gasteiger partial charge in [-0.1, -0.05) is 118 Å². The highest BCUT2D eigenvalue weighted by Gasteiger charge is 2.24. The van der Waals surface area contributed by atoms with Crippen molar-refractivity contribution in [3.05, 3.63) is 186 Å². The average molecular weight is 738 g/mol. The predicted octanol–water partition coefficient (Wildman–Crippen LogP) is 15.8. The van der Waals surface area contributed by atoms with Gasteiger partial charge < -0.3 is 14.2 Å². The molecule has 0 aliphatic heterocycles. The third kappa shape index (κ3) is 5.80. The molecule has 0 unspecified atom stereocenters. The summed E-state index contributed by atoms with van der Waals surface area (Å²) in [6.07, 6.45) is 0. The fourth-order valence-electron chi connectivity index (χ4n) is 8.82. The summed E-state index contributed by atoms with van der Waals surface area (Å²) in [4.78, 5) is 4.83. The Labute approximate surface area is 335 Å². The number of aromatic nitrogens is 1. The summed E-state index contributed by atoms with van der Waals surface area (Å²) in [6, 6.07) is 61.4. The molecule has 0 saturated heterocycles. The van der Waals surface area contributed by atoms with Crippen LogP contribution >= 0.6 is 0 Å². The summed E-state index contributed by atoms with van der Waals surface area (Å²) in [6.45, 7) is 13.3. The number of fused-ring (bicyclic) bond motifs is 7. The number of benzene rings is 8. The van der Waals surface area contributed by atoms with Gasteiger partial charge in [-0.25, -0.2) is 0 Å². The van der Waals surface area contributed by atoms with Crippen LogP contribution in [0.4, 0.5) is 34.1 Å². The number of nitrogens with zero attached hydrogens (tertiary/aromatic N) is 3. The van der Waals surface area contributed by atoms with Gasteiger partial charge in [-0.3, -0.25) is 0 Å². The standard InChI is InChI=1S/C54H47N3/c1-34(2)38-15-24-43(25-16-38)55(42-20-11-36(5)12-21-42)46-28-19-40-32-49-47-29-30-51(53-48-9-7-8-10-50(48)57(54(47)53)52(49)33-41(40)31-46)56(44-22-13-37(6)14-23-44)45-26-17-39(18-27-45)35(3)4/h7-35H,1-6H3. The third-order valence-electron chi connectivity index (χ3n) is 12.0. The summed E-state index contributed by atoms with van der Waals surface area (Å²) in [5.74, 6) is 0.949. The van der Waals surface area contributed by atoms with E-state index in [4.69, 9.17) is 0 Å². The van der Waals surface area contributed by atoms with Gasteiger partial charge >= 0.3 is 0 Å². The van der Waals surface area contributed by atoms with Crippen molar-refractivity contribution in [2.24, 2.45) is 0 Å². The first-order valence-electron chi connectivity index (χ1n) is 20.3. The zero-order valence-electron chi connectivity index (χ0n) is 33.6. The summed E-state index contributed by atoms with van der Waals surface area (Å²) in [7, 11) is 0. The molecule has 0 amide bonds. The second-order valence-electron chi connectivity index (χ2n) is 16.4. The summed E-state index contributed by atoms with van der Waals surface area (Å²) in [5.41, 5.74) is 15.8. The minimum absolute atomic E-state index is 0.469. The Kier molecular flexibility index (Phi) is 8.30. The Morgan fingerprint density at radius 1 is 0.404 bits per heavy atom. The van der Waals surface area contributed by atoms with E-state index in [-0.39, 0.29) is 0 Å². The van der Waals surface area contributed by atoms with E-state index < -0.39 is 0 Å². The summed E-state index contributed by atoms with van der Waals surface area (Å²) in [5, 5.41) is 7.53. The molecule has 57 heavy (non-hydrogen) atoms. The Morgan fingerprint density at radius 3 is 1.51 bits per heavy atom. The van der Waals surface area contributed by atoms with Crippen LogP contribution in [0.2, 0.25) is 0 Å². The van der Waals surface area contributed by atoms with Crippen molar-refractivity contribution in [3.63, 3.8) is 0 Å². The van der Waals surface area contributed by atoms with Crippen molar-refractivity contribution in [1.82, 2.24) is 4.40 Å². The number of hydrogen-bond donors (Lipinski definition) is 0. The van der Waals surface area contributed by atoms with Crippen LogP contribution in [0, 0.1) is 13.8 Å². The Bertz CT molecular complexity index is 3060. The van der Waals surface area contributed by atoms with Gasteiger partial charge in [-0.15, -0.1) is 0 Å². The Hall–Kier alpha value is -6.58. The van der Waals surface area contributed by atoms with Gasteiger partial charge in [-0.2, -0.15) is 0 Å². The number of para-hydroxylation sites is 1. The molecule has 8 aromatic carbocycles. The number of hydrogen-bond acceptors (Lipinski definition) is 2. The second kappa shape index (κ2) is 13.6. The van der Waals surface area contributed by atoms with E-state index in [9.17, 15) is 0 Å². The fraction of sp³-hybridized carbons (Fsp3) is 0.148. The van der Waals surface area contributed by atoms with Crippen LogP contribution in [-0.2, 0) is 0 Å². The molecule has 0 saturated carbocycles. The second-order valence-corrected chi connectivity index (χ2v) is 16.4. The van der Waals surface area contributed by atoms with Crippen LogP contribution in [0.5, 0.6) is 0 Å². The molecule has 0 fully saturated rings. The molecule has 0 spiro atoms. The highest BCUT2D eigenvalue weighted by molar-refractivity contribution is 6.28. The highest BCUT2D eigenvalue weighted by atomic mass is 15.2. The SMILES string of the molecule is Cc1ccc(N(c2ccc(C(C)C)cc2)c2ccc3cc4c5ccc(N(c6ccc(C)cc6)c6ccc(C(C)C)cc6)c6c7ccccc7n(c4cc3c2)c56)cc1. The van der Waals surface area contributed by atoms with E-state index in [0.29, 0.717) is 11.8 Å². The van der Waals surface area contributed by atoms with Crippen LogP contribution in [0.15, 0.2) is 164 Å². The van der Waals surface area contributed by atoms with Crippen LogP contribution < -0.4 is 9.80 Å². The number of aryl methyl sites for hydroxylation is 2. The fourth-order valence-corrected chi connectivity index (χ4v) is 8.82. The molecule has 0 aliphatic carbocycles. The van der Waals surface area contributed by atoms with Gasteiger partial charge in [0.1, 0.15) is 0 Å². The molecule has 0 bridgehead atoms. The predicted molar refractivity (Wildman–Crippen MR) is 246 cm³/mol. The molecule has 0 N–H and O–H groups in total. The number of anilines is 6. The maximum absolute atomic E-state index is 2.52. The lowest BCUT2D eigenvalue weighted by Crippen LogP contribution is -2.10. The third-order valence-corrected chi connectivity index (χ3v) is 12.0. The van der Waals surface area contributed by atoms with E-state index in [1.807, 2.05) is 0 Å². The van der Waals surface area contributed by atoms with Crippen LogP contribution in [0.25, 0.3) is 48.9 Å².